The highest BCUT2D eigenvalue weighted by atomic mass is 32.1. The molecule has 0 bridgehead atoms. The average Bonchev–Trinajstić information content (AvgIpc) is 2.85. The number of rotatable bonds is 1. The standard InChI is InChI=1S/C18H17NOS/c1-11-3-5-13(6-4-11)15-9-12(2)19-18-17(15)14-7-8-20-10-16(14)21-18/h3-6,9H,7-8,10H2,1-2H3. The van der Waals surface area contributed by atoms with Gasteiger partial charge in [-0.1, -0.05) is 29.8 Å². The van der Waals surface area contributed by atoms with Crippen LogP contribution in [0.15, 0.2) is 30.3 Å². The largest absolute Gasteiger partial charge is 0.376 e. The Labute approximate surface area is 128 Å². The molecule has 21 heavy (non-hydrogen) atoms. The summed E-state index contributed by atoms with van der Waals surface area (Å²) in [6.07, 6.45) is 0.999. The third-order valence-electron chi connectivity index (χ3n) is 4.06. The summed E-state index contributed by atoms with van der Waals surface area (Å²) in [7, 11) is 0. The molecule has 106 valence electrons. The molecule has 0 unspecified atom stereocenters. The van der Waals surface area contributed by atoms with E-state index in [0.717, 1.165) is 30.2 Å². The number of pyridine rings is 1. The van der Waals surface area contributed by atoms with Crippen LogP contribution in [-0.2, 0) is 17.8 Å². The lowest BCUT2D eigenvalue weighted by atomic mass is 9.97. The Hall–Kier alpha value is -1.71. The summed E-state index contributed by atoms with van der Waals surface area (Å²) in [5.41, 5.74) is 6.42. The summed E-state index contributed by atoms with van der Waals surface area (Å²) in [6.45, 7) is 5.76. The summed E-state index contributed by atoms with van der Waals surface area (Å²) in [6, 6.07) is 11.0. The van der Waals surface area contributed by atoms with E-state index in [1.165, 1.54) is 32.5 Å². The predicted molar refractivity (Wildman–Crippen MR) is 87.9 cm³/mol. The lowest BCUT2D eigenvalue weighted by Crippen LogP contribution is -2.06. The second-order valence-corrected chi connectivity index (χ2v) is 6.75. The fourth-order valence-electron chi connectivity index (χ4n) is 3.01. The molecule has 0 aliphatic carbocycles. The van der Waals surface area contributed by atoms with Crippen molar-refractivity contribution in [3.05, 3.63) is 52.0 Å². The van der Waals surface area contributed by atoms with Crippen molar-refractivity contribution >= 4 is 21.6 Å². The van der Waals surface area contributed by atoms with Gasteiger partial charge in [-0.2, -0.15) is 0 Å². The molecule has 0 saturated heterocycles. The Kier molecular flexibility index (Phi) is 3.05. The van der Waals surface area contributed by atoms with Gasteiger partial charge in [0.15, 0.2) is 0 Å². The molecule has 0 N–H and O–H groups in total. The highest BCUT2D eigenvalue weighted by Crippen LogP contribution is 2.39. The van der Waals surface area contributed by atoms with Gasteiger partial charge in [-0.3, -0.25) is 0 Å². The molecule has 3 heterocycles. The highest BCUT2D eigenvalue weighted by molar-refractivity contribution is 7.18. The van der Waals surface area contributed by atoms with Gasteiger partial charge in [0.05, 0.1) is 13.2 Å². The maximum absolute atomic E-state index is 5.60. The second kappa shape index (κ2) is 4.93. The van der Waals surface area contributed by atoms with Crippen LogP contribution in [-0.4, -0.2) is 11.6 Å². The van der Waals surface area contributed by atoms with Crippen molar-refractivity contribution in [3.8, 4) is 11.1 Å². The number of aryl methyl sites for hydroxylation is 2. The van der Waals surface area contributed by atoms with E-state index in [4.69, 9.17) is 9.72 Å². The molecule has 0 spiro atoms. The first-order valence-corrected chi connectivity index (χ1v) is 8.11. The van der Waals surface area contributed by atoms with Crippen LogP contribution in [0.1, 0.15) is 21.7 Å². The van der Waals surface area contributed by atoms with Crippen LogP contribution in [0.25, 0.3) is 21.3 Å². The van der Waals surface area contributed by atoms with Crippen molar-refractivity contribution in [3.63, 3.8) is 0 Å². The van der Waals surface area contributed by atoms with Gasteiger partial charge in [0, 0.05) is 16.0 Å². The van der Waals surface area contributed by atoms with Gasteiger partial charge in [-0.25, -0.2) is 4.98 Å². The zero-order valence-corrected chi connectivity index (χ0v) is 13.1. The van der Waals surface area contributed by atoms with Gasteiger partial charge in [-0.15, -0.1) is 11.3 Å². The zero-order valence-electron chi connectivity index (χ0n) is 12.3. The van der Waals surface area contributed by atoms with Crippen LogP contribution in [0.4, 0.5) is 0 Å². The molecule has 1 aliphatic rings. The van der Waals surface area contributed by atoms with E-state index in [9.17, 15) is 0 Å². The van der Waals surface area contributed by atoms with Crippen molar-refractivity contribution in [1.29, 1.82) is 0 Å². The lowest BCUT2D eigenvalue weighted by Gasteiger charge is -2.13. The summed E-state index contributed by atoms with van der Waals surface area (Å²) < 4.78 is 5.60. The number of benzene rings is 1. The minimum absolute atomic E-state index is 0.739. The van der Waals surface area contributed by atoms with E-state index in [1.54, 1.807) is 11.3 Å². The summed E-state index contributed by atoms with van der Waals surface area (Å²) in [5, 5.41) is 1.34. The molecule has 2 aromatic heterocycles. The Balaban J connectivity index is 2.02. The number of hydrogen-bond donors (Lipinski definition) is 0. The van der Waals surface area contributed by atoms with Crippen molar-refractivity contribution in [2.24, 2.45) is 0 Å². The van der Waals surface area contributed by atoms with E-state index < -0.39 is 0 Å². The Morgan fingerprint density at radius 1 is 1.14 bits per heavy atom. The SMILES string of the molecule is Cc1ccc(-c2cc(C)nc3sc4c(c23)CCOC4)cc1. The molecule has 4 rings (SSSR count). The van der Waals surface area contributed by atoms with Crippen molar-refractivity contribution in [2.45, 2.75) is 26.9 Å². The molecule has 0 amide bonds. The van der Waals surface area contributed by atoms with Gasteiger partial charge in [-0.05, 0) is 43.0 Å². The van der Waals surface area contributed by atoms with E-state index in [0.29, 0.717) is 0 Å². The topological polar surface area (TPSA) is 22.1 Å². The zero-order chi connectivity index (χ0) is 14.4. The van der Waals surface area contributed by atoms with Crippen LogP contribution < -0.4 is 0 Å². The van der Waals surface area contributed by atoms with E-state index in [-0.39, 0.29) is 0 Å². The molecule has 1 aromatic carbocycles. The third kappa shape index (κ3) is 2.17. The molecule has 1 aliphatic heterocycles. The normalized spacial score (nSPS) is 14.4. The number of nitrogens with zero attached hydrogens (tertiary/aromatic N) is 1. The second-order valence-electron chi connectivity index (χ2n) is 5.66. The van der Waals surface area contributed by atoms with Gasteiger partial charge >= 0.3 is 0 Å². The molecule has 3 heteroatoms. The summed E-state index contributed by atoms with van der Waals surface area (Å²) in [4.78, 5) is 7.25. The van der Waals surface area contributed by atoms with Gasteiger partial charge < -0.3 is 4.74 Å². The van der Waals surface area contributed by atoms with E-state index in [1.807, 2.05) is 0 Å². The predicted octanol–water partition coefficient (Wildman–Crippen LogP) is 4.65. The van der Waals surface area contributed by atoms with E-state index >= 15 is 0 Å². The first kappa shape index (κ1) is 13.0. The first-order valence-electron chi connectivity index (χ1n) is 7.29. The summed E-state index contributed by atoms with van der Waals surface area (Å²) in [5.74, 6) is 0. The molecule has 0 fully saturated rings. The average molecular weight is 295 g/mol. The van der Waals surface area contributed by atoms with Gasteiger partial charge in [0.25, 0.3) is 0 Å². The Morgan fingerprint density at radius 2 is 1.95 bits per heavy atom. The minimum Gasteiger partial charge on any atom is -0.376 e. The van der Waals surface area contributed by atoms with Crippen molar-refractivity contribution < 1.29 is 4.74 Å². The maximum Gasteiger partial charge on any atom is 0.124 e. The van der Waals surface area contributed by atoms with Crippen molar-refractivity contribution in [1.82, 2.24) is 4.98 Å². The Bertz CT molecular complexity index is 817. The monoisotopic (exact) mass is 295 g/mol. The van der Waals surface area contributed by atoms with E-state index in [2.05, 4.69) is 44.2 Å². The Morgan fingerprint density at radius 3 is 2.76 bits per heavy atom. The number of aromatic nitrogens is 1. The first-order chi connectivity index (χ1) is 10.2. The van der Waals surface area contributed by atoms with Crippen LogP contribution in [0, 0.1) is 13.8 Å². The fourth-order valence-corrected chi connectivity index (χ4v) is 4.24. The molecular weight excluding hydrogens is 278 g/mol. The maximum atomic E-state index is 5.60. The van der Waals surface area contributed by atoms with Crippen LogP contribution in [0.3, 0.4) is 0 Å². The van der Waals surface area contributed by atoms with Crippen molar-refractivity contribution in [2.75, 3.05) is 6.61 Å². The smallest absolute Gasteiger partial charge is 0.124 e. The number of fused-ring (bicyclic) bond motifs is 3. The van der Waals surface area contributed by atoms with Gasteiger partial charge in [0.2, 0.25) is 0 Å². The number of thiophene rings is 1. The molecule has 0 saturated carbocycles. The number of ether oxygens (including phenoxy) is 1. The minimum atomic E-state index is 0.739. The molecule has 0 atom stereocenters. The molecule has 0 radical (unpaired) electrons. The third-order valence-corrected chi connectivity index (χ3v) is 5.16. The lowest BCUT2D eigenvalue weighted by molar-refractivity contribution is 0.114. The number of hydrogen-bond acceptors (Lipinski definition) is 3. The highest BCUT2D eigenvalue weighted by Gasteiger charge is 2.20. The van der Waals surface area contributed by atoms with Crippen LogP contribution in [0.5, 0.6) is 0 Å². The molecule has 2 nitrogen and oxygen atoms in total. The van der Waals surface area contributed by atoms with Crippen LogP contribution >= 0.6 is 11.3 Å². The quantitative estimate of drug-likeness (QED) is 0.652. The van der Waals surface area contributed by atoms with Crippen LogP contribution in [0.2, 0.25) is 0 Å². The molecule has 3 aromatic rings. The van der Waals surface area contributed by atoms with Gasteiger partial charge in [0.1, 0.15) is 4.83 Å². The summed E-state index contributed by atoms with van der Waals surface area (Å²) >= 11 is 1.79. The molecular formula is C18H17NOS. The fraction of sp³-hybridized carbons (Fsp3) is 0.278.